The average Bonchev–Trinajstić information content (AvgIpc) is 3.50. The molecular formula is C20H27FN4O3. The van der Waals surface area contributed by atoms with Crippen LogP contribution < -0.4 is 21.9 Å². The highest BCUT2D eigenvalue weighted by molar-refractivity contribution is 5.97. The Kier molecular flexibility index (Phi) is 4.69. The van der Waals surface area contributed by atoms with Crippen molar-refractivity contribution in [2.24, 2.45) is 11.8 Å². The van der Waals surface area contributed by atoms with E-state index in [1.165, 1.54) is 0 Å². The number of anilines is 2. The molecule has 1 aromatic carbocycles. The number of aliphatic hydroxyl groups excluding tert-OH is 1. The first-order chi connectivity index (χ1) is 13.4. The van der Waals surface area contributed by atoms with E-state index in [9.17, 15) is 14.7 Å². The molecule has 2 aliphatic rings. The fraction of sp³-hybridized carbons (Fsp3) is 0.600. The molecule has 0 amide bonds. The third-order valence-corrected chi connectivity index (χ3v) is 6.45. The maximum atomic E-state index is 15.3. The predicted octanol–water partition coefficient (Wildman–Crippen LogP) is 1.90. The maximum absolute atomic E-state index is 15.3. The van der Waals surface area contributed by atoms with Gasteiger partial charge in [-0.3, -0.25) is 14.3 Å². The second-order valence-corrected chi connectivity index (χ2v) is 8.13. The zero-order chi connectivity index (χ0) is 20.2. The Morgan fingerprint density at radius 3 is 2.57 bits per heavy atom. The quantitative estimate of drug-likeness (QED) is 0.692. The number of H-pyrrole nitrogens is 1. The van der Waals surface area contributed by atoms with Crippen LogP contribution in [0.5, 0.6) is 0 Å². The Bertz CT molecular complexity index is 1040. The number of nitrogens with two attached hydrogens (primary N) is 1. The summed E-state index contributed by atoms with van der Waals surface area (Å²) in [5.74, 6) is -0.169. The lowest BCUT2D eigenvalue weighted by Crippen LogP contribution is -2.43. The molecule has 0 bridgehead atoms. The summed E-state index contributed by atoms with van der Waals surface area (Å²) in [6, 6.07) is 0.0132. The van der Waals surface area contributed by atoms with Gasteiger partial charge < -0.3 is 15.7 Å². The lowest BCUT2D eigenvalue weighted by Gasteiger charge is -2.40. The number of hydrogen-bond acceptors (Lipinski definition) is 5. The van der Waals surface area contributed by atoms with Crippen molar-refractivity contribution in [3.63, 3.8) is 0 Å². The van der Waals surface area contributed by atoms with E-state index in [-0.39, 0.29) is 29.6 Å². The van der Waals surface area contributed by atoms with Crippen LogP contribution in [0.15, 0.2) is 9.59 Å². The molecule has 1 aliphatic heterocycles. The molecule has 1 saturated carbocycles. The van der Waals surface area contributed by atoms with Crippen LogP contribution in [0.25, 0.3) is 10.9 Å². The number of aliphatic hydroxyl groups is 1. The molecule has 1 aromatic heterocycles. The fourth-order valence-electron chi connectivity index (χ4n) is 4.77. The molecule has 0 radical (unpaired) electrons. The molecular weight excluding hydrogens is 363 g/mol. The van der Waals surface area contributed by atoms with Crippen LogP contribution in [0.3, 0.4) is 0 Å². The number of aromatic nitrogens is 2. The van der Waals surface area contributed by atoms with Crippen LogP contribution in [0, 0.1) is 24.6 Å². The number of rotatable bonds is 4. The molecule has 2 unspecified atom stereocenters. The van der Waals surface area contributed by atoms with Gasteiger partial charge in [-0.25, -0.2) is 9.18 Å². The number of hydrogen-bond donors (Lipinski definition) is 3. The summed E-state index contributed by atoms with van der Waals surface area (Å²) in [6.07, 6.45) is 3.52. The van der Waals surface area contributed by atoms with Crippen LogP contribution >= 0.6 is 0 Å². The van der Waals surface area contributed by atoms with Crippen LogP contribution in [-0.2, 0) is 0 Å². The number of aromatic amines is 1. The highest BCUT2D eigenvalue weighted by Crippen LogP contribution is 2.41. The fourth-order valence-corrected chi connectivity index (χ4v) is 4.77. The number of fused-ring (bicyclic) bond motifs is 1. The highest BCUT2D eigenvalue weighted by Gasteiger charge is 2.34. The number of piperidine rings is 1. The molecule has 0 spiro atoms. The molecule has 2 atom stereocenters. The minimum Gasteiger partial charge on any atom is -0.396 e. The van der Waals surface area contributed by atoms with Crippen molar-refractivity contribution in [2.75, 3.05) is 30.3 Å². The van der Waals surface area contributed by atoms with Crippen molar-refractivity contribution in [3.8, 4) is 0 Å². The third kappa shape index (κ3) is 2.82. The minimum atomic E-state index is -0.652. The van der Waals surface area contributed by atoms with E-state index in [1.54, 1.807) is 11.5 Å². The molecule has 8 heteroatoms. The van der Waals surface area contributed by atoms with Crippen LogP contribution in [-0.4, -0.2) is 34.4 Å². The molecule has 2 heterocycles. The zero-order valence-corrected chi connectivity index (χ0v) is 16.3. The van der Waals surface area contributed by atoms with Crippen molar-refractivity contribution >= 4 is 22.3 Å². The first-order valence-electron chi connectivity index (χ1n) is 10.0. The number of nitrogens with one attached hydrogen (secondary N) is 1. The Hall–Kier alpha value is -2.35. The average molecular weight is 390 g/mol. The molecule has 2 aromatic rings. The van der Waals surface area contributed by atoms with Gasteiger partial charge in [0.1, 0.15) is 0 Å². The maximum Gasteiger partial charge on any atom is 0.329 e. The molecule has 4 N–H and O–H groups in total. The topological polar surface area (TPSA) is 104 Å². The molecule has 4 rings (SSSR count). The summed E-state index contributed by atoms with van der Waals surface area (Å²) in [4.78, 5) is 29.1. The summed E-state index contributed by atoms with van der Waals surface area (Å²) >= 11 is 0. The standard InChI is InChI=1S/C20H27FN4O3/c1-3-11-6-7-24(8-12(11)9-26)18-10(2)17-14(16(22)15(18)21)19(27)23-20(28)25(17)13-4-5-13/h11-13,26H,3-9,22H2,1-2H3,(H,23,27,28). The first kappa shape index (κ1) is 19.0. The number of nitrogen functional groups attached to an aromatic ring is 1. The second-order valence-electron chi connectivity index (χ2n) is 8.13. The van der Waals surface area contributed by atoms with Crippen LogP contribution in [0.4, 0.5) is 15.8 Å². The number of nitrogens with zero attached hydrogens (tertiary/aromatic N) is 2. The molecule has 2 fully saturated rings. The van der Waals surface area contributed by atoms with Crippen molar-refractivity contribution in [1.29, 1.82) is 0 Å². The van der Waals surface area contributed by atoms with E-state index < -0.39 is 17.1 Å². The van der Waals surface area contributed by atoms with Crippen molar-refractivity contribution in [2.45, 2.75) is 45.6 Å². The summed E-state index contributed by atoms with van der Waals surface area (Å²) in [5.41, 5.74) is 6.06. The molecule has 28 heavy (non-hydrogen) atoms. The first-order valence-corrected chi connectivity index (χ1v) is 10.0. The molecule has 152 valence electrons. The number of benzene rings is 1. The van der Waals surface area contributed by atoms with Gasteiger partial charge in [0.15, 0.2) is 5.82 Å². The number of aryl methyl sites for hydroxylation is 1. The lowest BCUT2D eigenvalue weighted by molar-refractivity contribution is 0.154. The van der Waals surface area contributed by atoms with Gasteiger partial charge in [0.2, 0.25) is 0 Å². The monoisotopic (exact) mass is 390 g/mol. The van der Waals surface area contributed by atoms with Crippen LogP contribution in [0.2, 0.25) is 0 Å². The van der Waals surface area contributed by atoms with E-state index in [0.717, 1.165) is 25.7 Å². The largest absolute Gasteiger partial charge is 0.396 e. The lowest BCUT2D eigenvalue weighted by atomic mass is 9.83. The second kappa shape index (κ2) is 6.92. The normalized spacial score (nSPS) is 22.8. The van der Waals surface area contributed by atoms with Gasteiger partial charge in [0.25, 0.3) is 5.56 Å². The molecule has 1 saturated heterocycles. The SMILES string of the molecule is CCC1CCN(c2c(F)c(N)c3c(=O)[nH]c(=O)n(C4CC4)c3c2C)CC1CO. The van der Waals surface area contributed by atoms with Crippen molar-refractivity contribution < 1.29 is 9.50 Å². The number of halogens is 1. The van der Waals surface area contributed by atoms with Gasteiger partial charge in [0.05, 0.1) is 22.3 Å². The van der Waals surface area contributed by atoms with Gasteiger partial charge in [-0.1, -0.05) is 13.3 Å². The van der Waals surface area contributed by atoms with Crippen molar-refractivity contribution in [1.82, 2.24) is 9.55 Å². The Morgan fingerprint density at radius 1 is 1.25 bits per heavy atom. The third-order valence-electron chi connectivity index (χ3n) is 6.45. The summed E-state index contributed by atoms with van der Waals surface area (Å²) in [5, 5.41) is 9.83. The predicted molar refractivity (Wildman–Crippen MR) is 107 cm³/mol. The highest BCUT2D eigenvalue weighted by atomic mass is 19.1. The van der Waals surface area contributed by atoms with Gasteiger partial charge >= 0.3 is 5.69 Å². The summed E-state index contributed by atoms with van der Waals surface area (Å²) in [7, 11) is 0. The smallest absolute Gasteiger partial charge is 0.329 e. The van der Waals surface area contributed by atoms with E-state index in [1.807, 2.05) is 4.90 Å². The molecule has 1 aliphatic carbocycles. The van der Waals surface area contributed by atoms with Gasteiger partial charge in [-0.2, -0.15) is 0 Å². The Balaban J connectivity index is 1.94. The van der Waals surface area contributed by atoms with E-state index in [2.05, 4.69) is 11.9 Å². The van der Waals surface area contributed by atoms with Gasteiger partial charge in [-0.15, -0.1) is 0 Å². The zero-order valence-electron chi connectivity index (χ0n) is 16.3. The van der Waals surface area contributed by atoms with Gasteiger partial charge in [-0.05, 0) is 32.1 Å². The Labute approximate surface area is 162 Å². The Morgan fingerprint density at radius 2 is 1.96 bits per heavy atom. The van der Waals surface area contributed by atoms with E-state index in [0.29, 0.717) is 35.8 Å². The minimum absolute atomic E-state index is 0.0132. The molecule has 7 nitrogen and oxygen atoms in total. The van der Waals surface area contributed by atoms with Crippen LogP contribution in [0.1, 0.15) is 44.2 Å². The summed E-state index contributed by atoms with van der Waals surface area (Å²) in [6.45, 7) is 5.07. The van der Waals surface area contributed by atoms with E-state index in [4.69, 9.17) is 5.73 Å². The summed E-state index contributed by atoms with van der Waals surface area (Å²) < 4.78 is 16.9. The van der Waals surface area contributed by atoms with E-state index >= 15 is 4.39 Å². The van der Waals surface area contributed by atoms with Crippen molar-refractivity contribution in [3.05, 3.63) is 32.2 Å². The van der Waals surface area contributed by atoms with Gasteiger partial charge in [0, 0.05) is 37.2 Å².